The first kappa shape index (κ1) is 14.7. The third-order valence-corrected chi connectivity index (χ3v) is 3.47. The molecule has 0 radical (unpaired) electrons. The number of hydrogen-bond donors (Lipinski definition) is 1. The minimum absolute atomic E-state index is 0.141. The maximum absolute atomic E-state index is 13.1. The molecular formula is C14H21BrFN. The lowest BCUT2D eigenvalue weighted by Crippen LogP contribution is -2.34. The van der Waals surface area contributed by atoms with Gasteiger partial charge in [-0.05, 0) is 48.4 Å². The van der Waals surface area contributed by atoms with E-state index < -0.39 is 0 Å². The smallest absolute Gasteiger partial charge is 0.124 e. The predicted octanol–water partition coefficient (Wildman–Crippen LogP) is 4.28. The quantitative estimate of drug-likeness (QED) is 0.882. The summed E-state index contributed by atoms with van der Waals surface area (Å²) in [5, 5.41) is 0. The molecule has 0 aliphatic rings. The van der Waals surface area contributed by atoms with Crippen LogP contribution in [0.1, 0.15) is 39.2 Å². The van der Waals surface area contributed by atoms with Gasteiger partial charge in [-0.3, -0.25) is 0 Å². The summed E-state index contributed by atoms with van der Waals surface area (Å²) >= 11 is 3.30. The van der Waals surface area contributed by atoms with Crippen LogP contribution in [0.3, 0.4) is 0 Å². The van der Waals surface area contributed by atoms with Gasteiger partial charge in [0.2, 0.25) is 0 Å². The first-order valence-corrected chi connectivity index (χ1v) is 6.79. The van der Waals surface area contributed by atoms with Crippen molar-refractivity contribution < 1.29 is 4.39 Å². The van der Waals surface area contributed by atoms with E-state index in [1.165, 1.54) is 6.07 Å². The zero-order valence-electron chi connectivity index (χ0n) is 10.8. The van der Waals surface area contributed by atoms with Crippen molar-refractivity contribution in [2.75, 3.05) is 0 Å². The van der Waals surface area contributed by atoms with Crippen molar-refractivity contribution in [3.05, 3.63) is 34.1 Å². The van der Waals surface area contributed by atoms with E-state index >= 15 is 0 Å². The summed E-state index contributed by atoms with van der Waals surface area (Å²) < 4.78 is 13.9. The first-order chi connectivity index (χ1) is 7.79. The average molecular weight is 302 g/mol. The van der Waals surface area contributed by atoms with Crippen molar-refractivity contribution >= 4 is 15.9 Å². The van der Waals surface area contributed by atoms with Crippen molar-refractivity contribution in [1.29, 1.82) is 0 Å². The number of nitrogens with two attached hydrogens (primary N) is 1. The molecule has 0 saturated heterocycles. The Labute approximate surface area is 112 Å². The standard InChI is InChI=1S/C14H21BrFN/c1-14(2,3)13(17)6-4-5-10-7-11(15)9-12(16)8-10/h7-9,13H,4-6,17H2,1-3H3. The summed E-state index contributed by atoms with van der Waals surface area (Å²) in [6, 6.07) is 5.23. The fourth-order valence-corrected chi connectivity index (χ4v) is 2.23. The van der Waals surface area contributed by atoms with E-state index in [-0.39, 0.29) is 17.3 Å². The van der Waals surface area contributed by atoms with E-state index in [2.05, 4.69) is 36.7 Å². The van der Waals surface area contributed by atoms with Crippen molar-refractivity contribution in [2.24, 2.45) is 11.1 Å². The molecule has 0 aromatic heterocycles. The van der Waals surface area contributed by atoms with Crippen LogP contribution in [0.25, 0.3) is 0 Å². The third kappa shape index (κ3) is 5.17. The molecule has 1 aromatic carbocycles. The van der Waals surface area contributed by atoms with Crippen LogP contribution in [-0.4, -0.2) is 6.04 Å². The highest BCUT2D eigenvalue weighted by Crippen LogP contribution is 2.22. The Morgan fingerprint density at radius 2 is 1.94 bits per heavy atom. The van der Waals surface area contributed by atoms with Gasteiger partial charge in [-0.15, -0.1) is 0 Å². The molecule has 96 valence electrons. The van der Waals surface area contributed by atoms with Crippen molar-refractivity contribution in [3.63, 3.8) is 0 Å². The second-order valence-electron chi connectivity index (χ2n) is 5.64. The molecule has 1 aromatic rings. The van der Waals surface area contributed by atoms with Gasteiger partial charge < -0.3 is 5.73 Å². The van der Waals surface area contributed by atoms with Gasteiger partial charge in [-0.2, -0.15) is 0 Å². The Bertz CT molecular complexity index is 351. The number of benzene rings is 1. The topological polar surface area (TPSA) is 26.0 Å². The molecule has 1 unspecified atom stereocenters. The van der Waals surface area contributed by atoms with Crippen LogP contribution in [0.5, 0.6) is 0 Å². The Hall–Kier alpha value is -0.410. The summed E-state index contributed by atoms with van der Waals surface area (Å²) in [5.41, 5.74) is 7.26. The SMILES string of the molecule is CC(C)(C)C(N)CCCc1cc(F)cc(Br)c1. The molecule has 1 nitrogen and oxygen atoms in total. The highest BCUT2D eigenvalue weighted by molar-refractivity contribution is 9.10. The van der Waals surface area contributed by atoms with E-state index in [1.54, 1.807) is 6.07 Å². The van der Waals surface area contributed by atoms with Crippen molar-refractivity contribution in [2.45, 2.75) is 46.1 Å². The Balaban J connectivity index is 2.46. The van der Waals surface area contributed by atoms with Crippen LogP contribution in [0.15, 0.2) is 22.7 Å². The van der Waals surface area contributed by atoms with Crippen LogP contribution < -0.4 is 5.73 Å². The minimum atomic E-state index is -0.186. The Kier molecular flexibility index (Phi) is 5.14. The fraction of sp³-hybridized carbons (Fsp3) is 0.571. The maximum Gasteiger partial charge on any atom is 0.124 e. The number of rotatable bonds is 4. The van der Waals surface area contributed by atoms with E-state index in [0.29, 0.717) is 0 Å². The molecule has 0 heterocycles. The van der Waals surface area contributed by atoms with Crippen LogP contribution in [-0.2, 0) is 6.42 Å². The number of hydrogen-bond acceptors (Lipinski definition) is 1. The van der Waals surface area contributed by atoms with E-state index in [9.17, 15) is 4.39 Å². The van der Waals surface area contributed by atoms with Crippen LogP contribution >= 0.6 is 15.9 Å². The third-order valence-electron chi connectivity index (χ3n) is 3.02. The normalized spacial score (nSPS) is 13.8. The van der Waals surface area contributed by atoms with Crippen LogP contribution in [0, 0.1) is 11.2 Å². The molecule has 17 heavy (non-hydrogen) atoms. The highest BCUT2D eigenvalue weighted by Gasteiger charge is 2.19. The van der Waals surface area contributed by atoms with Gasteiger partial charge in [0.25, 0.3) is 0 Å². The fourth-order valence-electron chi connectivity index (χ4n) is 1.71. The average Bonchev–Trinajstić information content (AvgIpc) is 2.14. The molecule has 0 fully saturated rings. The molecule has 1 atom stereocenters. The largest absolute Gasteiger partial charge is 0.327 e. The number of aryl methyl sites for hydroxylation is 1. The first-order valence-electron chi connectivity index (χ1n) is 5.99. The minimum Gasteiger partial charge on any atom is -0.327 e. The van der Waals surface area contributed by atoms with E-state index in [1.807, 2.05) is 6.07 Å². The summed E-state index contributed by atoms with van der Waals surface area (Å²) in [6.45, 7) is 6.45. The summed E-state index contributed by atoms with van der Waals surface area (Å²) in [4.78, 5) is 0. The molecule has 1 rings (SSSR count). The van der Waals surface area contributed by atoms with Crippen LogP contribution in [0.4, 0.5) is 4.39 Å². The molecule has 0 saturated carbocycles. The lowest BCUT2D eigenvalue weighted by atomic mass is 9.84. The lowest BCUT2D eigenvalue weighted by Gasteiger charge is -2.26. The van der Waals surface area contributed by atoms with E-state index in [0.717, 1.165) is 29.3 Å². The van der Waals surface area contributed by atoms with Crippen LogP contribution in [0.2, 0.25) is 0 Å². The molecule has 0 aliphatic heterocycles. The molecule has 0 aliphatic carbocycles. The summed E-state index contributed by atoms with van der Waals surface area (Å²) in [7, 11) is 0. The monoisotopic (exact) mass is 301 g/mol. The molecule has 0 spiro atoms. The summed E-state index contributed by atoms with van der Waals surface area (Å²) in [5.74, 6) is -0.186. The zero-order valence-corrected chi connectivity index (χ0v) is 12.3. The number of halogens is 2. The predicted molar refractivity (Wildman–Crippen MR) is 74.5 cm³/mol. The maximum atomic E-state index is 13.1. The molecular weight excluding hydrogens is 281 g/mol. The Morgan fingerprint density at radius 1 is 1.29 bits per heavy atom. The van der Waals surface area contributed by atoms with Gasteiger partial charge in [0, 0.05) is 10.5 Å². The van der Waals surface area contributed by atoms with Crippen molar-refractivity contribution in [3.8, 4) is 0 Å². The molecule has 3 heteroatoms. The van der Waals surface area contributed by atoms with Crippen molar-refractivity contribution in [1.82, 2.24) is 0 Å². The molecule has 0 bridgehead atoms. The van der Waals surface area contributed by atoms with Gasteiger partial charge >= 0.3 is 0 Å². The molecule has 2 N–H and O–H groups in total. The Morgan fingerprint density at radius 3 is 2.47 bits per heavy atom. The lowest BCUT2D eigenvalue weighted by molar-refractivity contribution is 0.301. The second-order valence-corrected chi connectivity index (χ2v) is 6.56. The van der Waals surface area contributed by atoms with E-state index in [4.69, 9.17) is 5.73 Å². The van der Waals surface area contributed by atoms with Gasteiger partial charge in [-0.1, -0.05) is 36.7 Å². The van der Waals surface area contributed by atoms with Gasteiger partial charge in [0.1, 0.15) is 5.82 Å². The summed E-state index contributed by atoms with van der Waals surface area (Å²) in [6.07, 6.45) is 2.84. The van der Waals surface area contributed by atoms with Gasteiger partial charge in [0.05, 0.1) is 0 Å². The second kappa shape index (κ2) is 5.96. The molecule has 0 amide bonds. The zero-order chi connectivity index (χ0) is 13.1. The van der Waals surface area contributed by atoms with Gasteiger partial charge in [0.15, 0.2) is 0 Å². The highest BCUT2D eigenvalue weighted by atomic mass is 79.9. The van der Waals surface area contributed by atoms with Gasteiger partial charge in [-0.25, -0.2) is 4.39 Å².